The van der Waals surface area contributed by atoms with Crippen LogP contribution in [0.15, 0.2) is 76.5 Å². The van der Waals surface area contributed by atoms with Crippen LogP contribution in [-0.2, 0) is 10.0 Å². The monoisotopic (exact) mass is 467 g/mol. The molecule has 4 rings (SSSR count). The fourth-order valence-corrected chi connectivity index (χ4v) is 5.95. The zero-order valence-electron chi connectivity index (χ0n) is 16.3. The van der Waals surface area contributed by atoms with Gasteiger partial charge in [0.2, 0.25) is 0 Å². The van der Waals surface area contributed by atoms with Crippen LogP contribution in [0, 0.1) is 0 Å². The van der Waals surface area contributed by atoms with Crippen LogP contribution >= 0.6 is 11.8 Å². The van der Waals surface area contributed by atoms with E-state index in [1.54, 1.807) is 23.2 Å². The van der Waals surface area contributed by atoms with E-state index in [4.69, 9.17) is 0 Å². The van der Waals surface area contributed by atoms with Crippen LogP contribution in [0.3, 0.4) is 0 Å². The van der Waals surface area contributed by atoms with Crippen molar-refractivity contribution in [3.05, 3.63) is 66.7 Å². The number of anilines is 1. The van der Waals surface area contributed by atoms with Crippen LogP contribution in [0.4, 0.5) is 18.9 Å². The molecule has 1 aliphatic rings. The fourth-order valence-electron chi connectivity index (χ4n) is 3.60. The van der Waals surface area contributed by atoms with Crippen molar-refractivity contribution in [2.45, 2.75) is 15.3 Å². The molecule has 0 aromatic heterocycles. The number of hydrogen-bond acceptors (Lipinski definition) is 5. The lowest BCUT2D eigenvalue weighted by Crippen LogP contribution is -2.54. The van der Waals surface area contributed by atoms with Gasteiger partial charge in [-0.05, 0) is 41.4 Å². The molecular weight excluding hydrogens is 447 g/mol. The van der Waals surface area contributed by atoms with Gasteiger partial charge < -0.3 is 5.32 Å². The smallest absolute Gasteiger partial charge is 0.314 e. The SMILES string of the molecule is O=S(=O)(c1cccc2ccccc12)N(c1cccc(SC(F)(F)F)c1)N1CCNCC1. The number of thioether (sulfide) groups is 1. The van der Waals surface area contributed by atoms with Crippen LogP contribution in [0.5, 0.6) is 0 Å². The average molecular weight is 468 g/mol. The van der Waals surface area contributed by atoms with Crippen LogP contribution in [0.2, 0.25) is 0 Å². The van der Waals surface area contributed by atoms with Gasteiger partial charge in [0.15, 0.2) is 0 Å². The van der Waals surface area contributed by atoms with Gasteiger partial charge in [0, 0.05) is 36.5 Å². The standard InChI is InChI=1S/C21H20F3N3O2S2/c22-21(23,24)30-18-8-4-7-17(15-18)27(26-13-11-25-12-14-26)31(28,29)20-10-3-6-16-5-1-2-9-19(16)20/h1-10,15,25H,11-14H2. The molecule has 1 aliphatic heterocycles. The molecular formula is C21H20F3N3O2S2. The molecule has 0 aliphatic carbocycles. The topological polar surface area (TPSA) is 52.7 Å². The summed E-state index contributed by atoms with van der Waals surface area (Å²) < 4.78 is 67.6. The number of halogens is 3. The highest BCUT2D eigenvalue weighted by atomic mass is 32.2. The van der Waals surface area contributed by atoms with E-state index in [0.717, 1.165) is 9.80 Å². The second kappa shape index (κ2) is 8.70. The zero-order valence-corrected chi connectivity index (χ0v) is 18.0. The molecule has 0 amide bonds. The average Bonchev–Trinajstić information content (AvgIpc) is 2.73. The molecule has 5 nitrogen and oxygen atoms in total. The van der Waals surface area contributed by atoms with Gasteiger partial charge in [-0.15, -0.1) is 0 Å². The highest BCUT2D eigenvalue weighted by Gasteiger charge is 2.34. The summed E-state index contributed by atoms with van der Waals surface area (Å²) in [6.45, 7) is 1.94. The van der Waals surface area contributed by atoms with Gasteiger partial charge in [0.25, 0.3) is 10.0 Å². The van der Waals surface area contributed by atoms with Crippen LogP contribution in [0.1, 0.15) is 0 Å². The second-order valence-electron chi connectivity index (χ2n) is 6.97. The van der Waals surface area contributed by atoms with Crippen molar-refractivity contribution in [2.24, 2.45) is 0 Å². The first-order valence-electron chi connectivity index (χ1n) is 9.60. The van der Waals surface area contributed by atoms with Crippen molar-refractivity contribution in [3.63, 3.8) is 0 Å². The third-order valence-electron chi connectivity index (χ3n) is 4.88. The number of hydrazine groups is 1. The third kappa shape index (κ3) is 4.82. The van der Waals surface area contributed by atoms with E-state index in [9.17, 15) is 21.6 Å². The molecule has 0 atom stereocenters. The molecule has 0 bridgehead atoms. The minimum absolute atomic E-state index is 0.0711. The summed E-state index contributed by atoms with van der Waals surface area (Å²) in [7, 11) is -4.10. The van der Waals surface area contributed by atoms with Crippen molar-refractivity contribution < 1.29 is 21.6 Å². The number of rotatable bonds is 5. The van der Waals surface area contributed by atoms with Gasteiger partial charge >= 0.3 is 5.51 Å². The van der Waals surface area contributed by atoms with Gasteiger partial charge in [-0.2, -0.15) is 26.0 Å². The fraction of sp³-hybridized carbons (Fsp3) is 0.238. The lowest BCUT2D eigenvalue weighted by Gasteiger charge is -2.38. The maximum atomic E-state index is 13.9. The molecule has 3 aromatic rings. The molecule has 0 unspecified atom stereocenters. The number of nitrogens with zero attached hydrogens (tertiary/aromatic N) is 2. The molecule has 164 valence electrons. The van der Waals surface area contributed by atoms with Gasteiger partial charge in [0.05, 0.1) is 10.6 Å². The van der Waals surface area contributed by atoms with E-state index >= 15 is 0 Å². The van der Waals surface area contributed by atoms with E-state index in [1.807, 2.05) is 18.2 Å². The first-order valence-corrected chi connectivity index (χ1v) is 11.9. The number of sulfonamides is 1. The normalized spacial score (nSPS) is 15.8. The Hall–Kier alpha value is -2.27. The lowest BCUT2D eigenvalue weighted by molar-refractivity contribution is -0.0328. The Balaban J connectivity index is 1.85. The number of hydrogen-bond donors (Lipinski definition) is 1. The highest BCUT2D eigenvalue weighted by Crippen LogP contribution is 2.39. The van der Waals surface area contributed by atoms with E-state index in [2.05, 4.69) is 5.32 Å². The number of benzene rings is 3. The van der Waals surface area contributed by atoms with E-state index in [1.165, 1.54) is 30.3 Å². The largest absolute Gasteiger partial charge is 0.446 e. The predicted molar refractivity (Wildman–Crippen MR) is 116 cm³/mol. The Labute approximate surface area is 182 Å². The molecule has 10 heteroatoms. The number of fused-ring (bicyclic) bond motifs is 1. The minimum Gasteiger partial charge on any atom is -0.314 e. The first kappa shape index (κ1) is 21.9. The number of piperazine rings is 1. The molecule has 0 spiro atoms. The molecule has 0 radical (unpaired) electrons. The van der Waals surface area contributed by atoms with Crippen molar-refractivity contribution in [1.82, 2.24) is 10.3 Å². The Morgan fingerprint density at radius 2 is 1.61 bits per heavy atom. The van der Waals surface area contributed by atoms with Crippen LogP contribution < -0.4 is 9.73 Å². The van der Waals surface area contributed by atoms with Gasteiger partial charge in [-0.25, -0.2) is 5.01 Å². The summed E-state index contributed by atoms with van der Waals surface area (Å²) in [5.74, 6) is 0. The molecule has 1 saturated heterocycles. The van der Waals surface area contributed by atoms with Gasteiger partial charge in [-0.1, -0.05) is 42.5 Å². The second-order valence-corrected chi connectivity index (χ2v) is 9.85. The predicted octanol–water partition coefficient (Wildman–Crippen LogP) is 4.47. The van der Waals surface area contributed by atoms with Gasteiger partial charge in [0.1, 0.15) is 0 Å². The van der Waals surface area contributed by atoms with E-state index < -0.39 is 15.5 Å². The summed E-state index contributed by atoms with van der Waals surface area (Å²) in [6, 6.07) is 17.7. The van der Waals surface area contributed by atoms with Crippen molar-refractivity contribution in [3.8, 4) is 0 Å². The maximum Gasteiger partial charge on any atom is 0.446 e. The Bertz CT molecular complexity index is 1170. The van der Waals surface area contributed by atoms with Gasteiger partial charge in [-0.3, -0.25) is 0 Å². The molecule has 31 heavy (non-hydrogen) atoms. The molecule has 3 aromatic carbocycles. The maximum absolute atomic E-state index is 13.9. The summed E-state index contributed by atoms with van der Waals surface area (Å²) in [5, 5.41) is 6.16. The quantitative estimate of drug-likeness (QED) is 0.562. The Kier molecular flexibility index (Phi) is 6.16. The summed E-state index contributed by atoms with van der Waals surface area (Å²) in [6.07, 6.45) is 0. The molecule has 1 fully saturated rings. The highest BCUT2D eigenvalue weighted by molar-refractivity contribution is 8.00. The third-order valence-corrected chi connectivity index (χ3v) is 7.41. The van der Waals surface area contributed by atoms with Crippen molar-refractivity contribution >= 4 is 38.2 Å². The van der Waals surface area contributed by atoms with Crippen LogP contribution in [0.25, 0.3) is 10.8 Å². The van der Waals surface area contributed by atoms with Crippen molar-refractivity contribution in [2.75, 3.05) is 30.6 Å². The van der Waals surface area contributed by atoms with E-state index in [0.29, 0.717) is 31.6 Å². The lowest BCUT2D eigenvalue weighted by atomic mass is 10.1. The molecule has 0 saturated carbocycles. The molecule has 1 N–H and O–H groups in total. The summed E-state index contributed by atoms with van der Waals surface area (Å²) >= 11 is -0.264. The zero-order chi connectivity index (χ0) is 22.1. The van der Waals surface area contributed by atoms with Crippen molar-refractivity contribution in [1.29, 1.82) is 0 Å². The Morgan fingerprint density at radius 3 is 2.35 bits per heavy atom. The first-order chi connectivity index (χ1) is 14.8. The van der Waals surface area contributed by atoms with E-state index in [-0.39, 0.29) is 27.2 Å². The Morgan fingerprint density at radius 1 is 0.935 bits per heavy atom. The number of alkyl halides is 3. The minimum atomic E-state index is -4.47. The van der Waals surface area contributed by atoms with Crippen LogP contribution in [-0.4, -0.2) is 45.1 Å². The molecule has 1 heterocycles. The summed E-state index contributed by atoms with van der Waals surface area (Å²) in [5.41, 5.74) is -4.29. The summed E-state index contributed by atoms with van der Waals surface area (Å²) in [4.78, 5) is 0.0382. The number of nitrogens with one attached hydrogen (secondary N) is 1.